The molecule has 2 N–H and O–H groups in total. The summed E-state index contributed by atoms with van der Waals surface area (Å²) in [6.07, 6.45) is 0. The molecule has 0 aliphatic heterocycles. The van der Waals surface area contributed by atoms with Gasteiger partial charge in [0.15, 0.2) is 0 Å². The van der Waals surface area contributed by atoms with Crippen LogP contribution in [0, 0.1) is 0 Å². The van der Waals surface area contributed by atoms with Gasteiger partial charge in [-0.3, -0.25) is 4.79 Å². The van der Waals surface area contributed by atoms with Crippen LogP contribution in [-0.4, -0.2) is 33.8 Å². The Labute approximate surface area is 109 Å². The van der Waals surface area contributed by atoms with Gasteiger partial charge in [0, 0.05) is 19.5 Å². The lowest BCUT2D eigenvalue weighted by Gasteiger charge is -2.25. The average Bonchev–Trinajstić information content (AvgIpc) is 2.20. The third-order valence-corrected chi connectivity index (χ3v) is 3.52. The van der Waals surface area contributed by atoms with Crippen molar-refractivity contribution >= 4 is 29.2 Å². The molecule has 6 nitrogen and oxygen atoms in total. The van der Waals surface area contributed by atoms with Gasteiger partial charge in [0.25, 0.3) is 5.56 Å². The predicted octanol–water partition coefficient (Wildman–Crippen LogP) is 0.499. The molecule has 0 aromatic carbocycles. The highest BCUT2D eigenvalue weighted by Crippen LogP contribution is 2.29. The first-order chi connectivity index (χ1) is 7.69. The van der Waals surface area contributed by atoms with E-state index in [1.807, 2.05) is 0 Å². The van der Waals surface area contributed by atoms with E-state index >= 15 is 0 Å². The summed E-state index contributed by atoms with van der Waals surface area (Å²) < 4.78 is 0.931. The second-order valence-corrected chi connectivity index (χ2v) is 5.54. The van der Waals surface area contributed by atoms with Gasteiger partial charge in [0.05, 0.1) is 0 Å². The lowest BCUT2D eigenvalue weighted by Crippen LogP contribution is -2.42. The zero-order valence-electron chi connectivity index (χ0n) is 10.1. The molecule has 0 aliphatic carbocycles. The van der Waals surface area contributed by atoms with Crippen LogP contribution in [0.4, 0.5) is 5.95 Å². The molecule has 0 saturated carbocycles. The fraction of sp³-hybridized carbons (Fsp3) is 0.667. The smallest absolute Gasteiger partial charge is 0.296 e. The summed E-state index contributed by atoms with van der Waals surface area (Å²) in [5.41, 5.74) is -1.14. The lowest BCUT2D eigenvalue weighted by atomic mass is 9.92. The summed E-state index contributed by atoms with van der Waals surface area (Å²) in [5, 5.41) is 7.76. The van der Waals surface area contributed by atoms with Crippen molar-refractivity contribution < 1.29 is 0 Å². The molecule has 1 aromatic rings. The molecule has 0 atom stereocenters. The number of alkyl halides is 2. The molecule has 0 saturated heterocycles. The normalized spacial score (nSPS) is 11.9. The SMILES string of the molecule is CN(C)c1nnc(C(C)(C)C(Cl)Cl)c(=O)n1N. The van der Waals surface area contributed by atoms with Crippen LogP contribution in [0.25, 0.3) is 0 Å². The van der Waals surface area contributed by atoms with Crippen LogP contribution in [0.1, 0.15) is 19.5 Å². The van der Waals surface area contributed by atoms with E-state index in [2.05, 4.69) is 10.2 Å². The van der Waals surface area contributed by atoms with Crippen LogP contribution in [0.5, 0.6) is 0 Å². The predicted molar refractivity (Wildman–Crippen MR) is 69.3 cm³/mol. The van der Waals surface area contributed by atoms with Crippen molar-refractivity contribution in [2.24, 2.45) is 0 Å². The van der Waals surface area contributed by atoms with Crippen LogP contribution in [0.15, 0.2) is 4.79 Å². The molecule has 0 aliphatic rings. The first-order valence-corrected chi connectivity index (χ1v) is 5.77. The van der Waals surface area contributed by atoms with Gasteiger partial charge in [0.1, 0.15) is 10.5 Å². The molecule has 96 valence electrons. The van der Waals surface area contributed by atoms with Crippen molar-refractivity contribution in [3.8, 4) is 0 Å². The van der Waals surface area contributed by atoms with Gasteiger partial charge in [-0.1, -0.05) is 13.8 Å². The Bertz CT molecular complexity index is 469. The van der Waals surface area contributed by atoms with Crippen LogP contribution < -0.4 is 16.3 Å². The van der Waals surface area contributed by atoms with Crippen LogP contribution >= 0.6 is 23.2 Å². The number of hydrogen-bond donors (Lipinski definition) is 1. The van der Waals surface area contributed by atoms with Gasteiger partial charge in [-0.2, -0.15) is 4.68 Å². The fourth-order valence-electron chi connectivity index (χ4n) is 1.20. The quantitative estimate of drug-likeness (QED) is 0.644. The van der Waals surface area contributed by atoms with Gasteiger partial charge in [-0.05, 0) is 0 Å². The zero-order valence-corrected chi connectivity index (χ0v) is 11.6. The second-order valence-electron chi connectivity index (χ2n) is 4.44. The van der Waals surface area contributed by atoms with E-state index in [1.165, 1.54) is 0 Å². The van der Waals surface area contributed by atoms with E-state index < -0.39 is 15.8 Å². The van der Waals surface area contributed by atoms with Crippen LogP contribution in [0.2, 0.25) is 0 Å². The summed E-state index contributed by atoms with van der Waals surface area (Å²) in [4.78, 5) is 12.8. The number of rotatable bonds is 3. The minimum absolute atomic E-state index is 0.139. The zero-order chi connectivity index (χ0) is 13.4. The Balaban J connectivity index is 3.42. The molecule has 0 radical (unpaired) electrons. The maximum atomic E-state index is 12.0. The molecule has 1 heterocycles. The summed E-state index contributed by atoms with van der Waals surface area (Å²) in [7, 11) is 3.42. The minimum Gasteiger partial charge on any atom is -0.346 e. The molecule has 8 heteroatoms. The summed E-state index contributed by atoms with van der Waals surface area (Å²) in [6, 6.07) is 0. The number of aromatic nitrogens is 3. The monoisotopic (exact) mass is 279 g/mol. The molecule has 0 amide bonds. The maximum Gasteiger partial charge on any atom is 0.296 e. The standard InChI is InChI=1S/C9H15Cl2N5O/c1-9(2,7(10)11)5-6(17)16(12)8(14-13-5)15(3)4/h7H,12H2,1-4H3. The Kier molecular flexibility index (Phi) is 3.88. The van der Waals surface area contributed by atoms with Crippen molar-refractivity contribution in [2.75, 3.05) is 24.8 Å². The number of nitrogens with zero attached hydrogens (tertiary/aromatic N) is 4. The number of anilines is 1. The van der Waals surface area contributed by atoms with Crippen LogP contribution in [0.3, 0.4) is 0 Å². The largest absolute Gasteiger partial charge is 0.346 e. The Morgan fingerprint density at radius 1 is 1.35 bits per heavy atom. The molecule has 0 unspecified atom stereocenters. The van der Waals surface area contributed by atoms with E-state index in [1.54, 1.807) is 32.8 Å². The first-order valence-electron chi connectivity index (χ1n) is 4.90. The van der Waals surface area contributed by atoms with E-state index in [0.29, 0.717) is 0 Å². The molecule has 1 rings (SSSR count). The number of hydrogen-bond acceptors (Lipinski definition) is 5. The maximum absolute atomic E-state index is 12.0. The lowest BCUT2D eigenvalue weighted by molar-refractivity contribution is 0.520. The topological polar surface area (TPSA) is 77.0 Å². The van der Waals surface area contributed by atoms with E-state index in [0.717, 1.165) is 4.68 Å². The van der Waals surface area contributed by atoms with E-state index in [9.17, 15) is 4.79 Å². The Morgan fingerprint density at radius 3 is 2.29 bits per heavy atom. The Morgan fingerprint density at radius 2 is 1.88 bits per heavy atom. The second kappa shape index (κ2) is 4.70. The van der Waals surface area contributed by atoms with Crippen molar-refractivity contribution in [1.82, 2.24) is 14.9 Å². The van der Waals surface area contributed by atoms with Crippen molar-refractivity contribution in [3.63, 3.8) is 0 Å². The molecule has 1 aromatic heterocycles. The van der Waals surface area contributed by atoms with Crippen molar-refractivity contribution in [2.45, 2.75) is 24.1 Å². The highest BCUT2D eigenvalue weighted by atomic mass is 35.5. The number of nitrogens with two attached hydrogens (primary N) is 1. The van der Waals surface area contributed by atoms with Gasteiger partial charge in [-0.25, -0.2) is 0 Å². The van der Waals surface area contributed by atoms with Crippen LogP contribution in [-0.2, 0) is 5.41 Å². The van der Waals surface area contributed by atoms with Gasteiger partial charge in [-0.15, -0.1) is 33.4 Å². The van der Waals surface area contributed by atoms with Gasteiger partial charge < -0.3 is 10.7 Å². The molecule has 0 fully saturated rings. The van der Waals surface area contributed by atoms with Gasteiger partial charge in [0.2, 0.25) is 5.95 Å². The summed E-state index contributed by atoms with van der Waals surface area (Å²) in [6.45, 7) is 3.41. The van der Waals surface area contributed by atoms with E-state index in [-0.39, 0.29) is 11.6 Å². The third-order valence-electron chi connectivity index (χ3n) is 2.43. The summed E-state index contributed by atoms with van der Waals surface area (Å²) >= 11 is 11.7. The highest BCUT2D eigenvalue weighted by Gasteiger charge is 2.34. The van der Waals surface area contributed by atoms with Crippen molar-refractivity contribution in [3.05, 3.63) is 16.0 Å². The Hall–Kier alpha value is -1.01. The van der Waals surface area contributed by atoms with E-state index in [4.69, 9.17) is 29.0 Å². The number of nitrogen functional groups attached to an aromatic ring is 1. The first kappa shape index (κ1) is 14.1. The average molecular weight is 280 g/mol. The molecule has 0 bridgehead atoms. The molecule has 17 heavy (non-hydrogen) atoms. The van der Waals surface area contributed by atoms with Crippen molar-refractivity contribution in [1.29, 1.82) is 0 Å². The summed E-state index contributed by atoms with van der Waals surface area (Å²) in [5.74, 6) is 5.91. The minimum atomic E-state index is -0.820. The third kappa shape index (κ3) is 2.47. The molecular formula is C9H15Cl2N5O. The molecule has 0 spiro atoms. The number of halogens is 2. The fourth-order valence-corrected chi connectivity index (χ4v) is 1.41. The van der Waals surface area contributed by atoms with Gasteiger partial charge >= 0.3 is 0 Å². The molecular weight excluding hydrogens is 265 g/mol. The highest BCUT2D eigenvalue weighted by molar-refractivity contribution is 6.45.